The van der Waals surface area contributed by atoms with Crippen molar-refractivity contribution in [1.29, 1.82) is 0 Å². The number of nitrogens with zero attached hydrogens (tertiary/aromatic N) is 2. The van der Waals surface area contributed by atoms with Crippen LogP contribution < -0.4 is 4.80 Å². The molecule has 3 rings (SSSR count). The monoisotopic (exact) mass is 374 g/mol. The molecule has 0 N–H and O–H groups in total. The average molecular weight is 375 g/mol. The molecule has 1 aromatic heterocycles. The topological polar surface area (TPSA) is 34.4 Å². The quantitative estimate of drug-likeness (QED) is 0.658. The van der Waals surface area contributed by atoms with Crippen molar-refractivity contribution in [3.8, 4) is 0 Å². The maximum absolute atomic E-state index is 12.3. The molecule has 0 aliphatic rings. The van der Waals surface area contributed by atoms with Crippen LogP contribution in [0.5, 0.6) is 0 Å². The molecule has 1 heterocycles. The zero-order chi connectivity index (χ0) is 15.7. The van der Waals surface area contributed by atoms with Crippen molar-refractivity contribution < 1.29 is 4.79 Å². The fourth-order valence-corrected chi connectivity index (χ4v) is 3.59. The summed E-state index contributed by atoms with van der Waals surface area (Å²) < 4.78 is 4.07. The standard InChI is InChI=1S/C17H15BrN2OS/c1-3-11-4-9-14-15(10-11)22-17(20(14)2)19-16(21)12-5-7-13(18)8-6-12/h4-10H,3H2,1-2H3. The Balaban J connectivity index is 2.07. The Morgan fingerprint density at radius 3 is 2.64 bits per heavy atom. The van der Waals surface area contributed by atoms with E-state index in [1.165, 1.54) is 5.56 Å². The first kappa shape index (κ1) is 15.2. The molecule has 2 aromatic carbocycles. The van der Waals surface area contributed by atoms with Gasteiger partial charge in [-0.2, -0.15) is 4.99 Å². The van der Waals surface area contributed by atoms with Gasteiger partial charge in [0.05, 0.1) is 10.2 Å². The van der Waals surface area contributed by atoms with Crippen molar-refractivity contribution in [3.63, 3.8) is 0 Å². The molecule has 22 heavy (non-hydrogen) atoms. The molecule has 112 valence electrons. The zero-order valence-corrected chi connectivity index (χ0v) is 14.7. The number of carbonyl (C=O) groups excluding carboxylic acids is 1. The first-order valence-corrected chi connectivity index (χ1v) is 8.62. The van der Waals surface area contributed by atoms with Gasteiger partial charge in [0.1, 0.15) is 0 Å². The third-order valence-corrected chi connectivity index (χ3v) is 5.19. The summed E-state index contributed by atoms with van der Waals surface area (Å²) in [4.78, 5) is 17.3. The van der Waals surface area contributed by atoms with Crippen LogP contribution in [0.1, 0.15) is 22.8 Å². The molecule has 1 amide bonds. The van der Waals surface area contributed by atoms with Crippen LogP contribution in [-0.2, 0) is 13.5 Å². The molecule has 0 spiro atoms. The highest BCUT2D eigenvalue weighted by Gasteiger charge is 2.07. The first-order valence-electron chi connectivity index (χ1n) is 7.01. The molecule has 5 heteroatoms. The van der Waals surface area contributed by atoms with Gasteiger partial charge in [-0.1, -0.05) is 40.3 Å². The van der Waals surface area contributed by atoms with Crippen molar-refractivity contribution in [3.05, 3.63) is 62.9 Å². The molecule has 0 radical (unpaired) electrons. The van der Waals surface area contributed by atoms with Crippen LogP contribution >= 0.6 is 27.3 Å². The summed E-state index contributed by atoms with van der Waals surface area (Å²) in [5.74, 6) is -0.217. The van der Waals surface area contributed by atoms with E-state index in [0.717, 1.165) is 25.9 Å². The highest BCUT2D eigenvalue weighted by molar-refractivity contribution is 9.10. The van der Waals surface area contributed by atoms with E-state index in [-0.39, 0.29) is 5.91 Å². The van der Waals surface area contributed by atoms with Gasteiger partial charge in [-0.3, -0.25) is 4.79 Å². The van der Waals surface area contributed by atoms with Gasteiger partial charge in [-0.05, 0) is 48.4 Å². The lowest BCUT2D eigenvalue weighted by Crippen LogP contribution is -2.13. The van der Waals surface area contributed by atoms with Crippen LogP contribution in [0.15, 0.2) is 51.9 Å². The molecule has 0 unspecified atom stereocenters. The van der Waals surface area contributed by atoms with Crippen LogP contribution in [0.4, 0.5) is 0 Å². The molecule has 0 saturated heterocycles. The number of fused-ring (bicyclic) bond motifs is 1. The minimum atomic E-state index is -0.217. The third kappa shape index (κ3) is 2.91. The molecular formula is C17H15BrN2OS. The van der Waals surface area contributed by atoms with E-state index in [9.17, 15) is 4.79 Å². The summed E-state index contributed by atoms with van der Waals surface area (Å²) in [6, 6.07) is 13.6. The molecule has 0 saturated carbocycles. The van der Waals surface area contributed by atoms with Crippen molar-refractivity contribution >= 4 is 43.4 Å². The number of hydrogen-bond donors (Lipinski definition) is 0. The molecule has 0 bridgehead atoms. The second kappa shape index (κ2) is 6.18. The maximum Gasteiger partial charge on any atom is 0.279 e. The van der Waals surface area contributed by atoms with Gasteiger partial charge < -0.3 is 4.57 Å². The van der Waals surface area contributed by atoms with E-state index in [2.05, 4.69) is 46.0 Å². The van der Waals surface area contributed by atoms with E-state index in [1.54, 1.807) is 23.5 Å². The minimum Gasteiger partial charge on any atom is -0.319 e. The lowest BCUT2D eigenvalue weighted by Gasteiger charge is -1.98. The molecule has 0 fully saturated rings. The first-order chi connectivity index (χ1) is 10.6. The largest absolute Gasteiger partial charge is 0.319 e. The Labute approximate surface area is 141 Å². The molecular weight excluding hydrogens is 360 g/mol. The number of halogens is 1. The Kier molecular flexibility index (Phi) is 4.27. The average Bonchev–Trinajstić information content (AvgIpc) is 2.83. The fourth-order valence-electron chi connectivity index (χ4n) is 2.25. The van der Waals surface area contributed by atoms with Gasteiger partial charge in [0.25, 0.3) is 5.91 Å². The Bertz CT molecular complexity index is 907. The molecule has 3 aromatic rings. The summed E-state index contributed by atoms with van der Waals surface area (Å²) >= 11 is 4.91. The van der Waals surface area contributed by atoms with E-state index in [4.69, 9.17) is 0 Å². The van der Waals surface area contributed by atoms with Crippen LogP contribution in [0.3, 0.4) is 0 Å². The highest BCUT2D eigenvalue weighted by Crippen LogP contribution is 2.19. The number of rotatable bonds is 2. The molecule has 0 aliphatic heterocycles. The number of benzene rings is 2. The fraction of sp³-hybridized carbons (Fsp3) is 0.176. The van der Waals surface area contributed by atoms with E-state index >= 15 is 0 Å². The minimum absolute atomic E-state index is 0.217. The van der Waals surface area contributed by atoms with E-state index in [0.29, 0.717) is 5.56 Å². The van der Waals surface area contributed by atoms with Gasteiger partial charge >= 0.3 is 0 Å². The van der Waals surface area contributed by atoms with Gasteiger partial charge in [-0.15, -0.1) is 0 Å². The van der Waals surface area contributed by atoms with Crippen molar-refractivity contribution in [2.24, 2.45) is 12.0 Å². The number of amides is 1. The number of aryl methyl sites for hydroxylation is 2. The van der Waals surface area contributed by atoms with Crippen LogP contribution in [0, 0.1) is 0 Å². The van der Waals surface area contributed by atoms with Gasteiger partial charge in [0, 0.05) is 17.1 Å². The molecule has 0 aliphatic carbocycles. The van der Waals surface area contributed by atoms with Crippen LogP contribution in [-0.4, -0.2) is 10.5 Å². The number of hydrogen-bond acceptors (Lipinski definition) is 2. The van der Waals surface area contributed by atoms with Gasteiger partial charge in [0.15, 0.2) is 4.80 Å². The summed E-state index contributed by atoms with van der Waals surface area (Å²) in [6.07, 6.45) is 1.00. The van der Waals surface area contributed by atoms with Crippen molar-refractivity contribution in [2.45, 2.75) is 13.3 Å². The lowest BCUT2D eigenvalue weighted by atomic mass is 10.2. The Morgan fingerprint density at radius 1 is 1.23 bits per heavy atom. The zero-order valence-electron chi connectivity index (χ0n) is 12.3. The lowest BCUT2D eigenvalue weighted by molar-refractivity contribution is 0.0998. The van der Waals surface area contributed by atoms with Gasteiger partial charge in [-0.25, -0.2) is 0 Å². The SMILES string of the molecule is CCc1ccc2c(c1)sc(=NC(=O)c1ccc(Br)cc1)n2C. The molecule has 0 atom stereocenters. The summed E-state index contributed by atoms with van der Waals surface area (Å²) in [5.41, 5.74) is 2.99. The Morgan fingerprint density at radius 2 is 1.95 bits per heavy atom. The van der Waals surface area contributed by atoms with Crippen LogP contribution in [0.25, 0.3) is 10.2 Å². The van der Waals surface area contributed by atoms with E-state index in [1.807, 2.05) is 23.7 Å². The Hall–Kier alpha value is -1.72. The van der Waals surface area contributed by atoms with E-state index < -0.39 is 0 Å². The second-order valence-corrected chi connectivity index (χ2v) is 6.95. The maximum atomic E-state index is 12.3. The third-order valence-electron chi connectivity index (χ3n) is 3.57. The normalized spacial score (nSPS) is 12.0. The number of thiazole rings is 1. The van der Waals surface area contributed by atoms with Crippen molar-refractivity contribution in [2.75, 3.05) is 0 Å². The summed E-state index contributed by atoms with van der Waals surface area (Å²) in [5, 5.41) is 0. The van der Waals surface area contributed by atoms with Gasteiger partial charge in [0.2, 0.25) is 0 Å². The predicted molar refractivity (Wildman–Crippen MR) is 94.2 cm³/mol. The number of carbonyl (C=O) groups is 1. The number of aromatic nitrogens is 1. The summed E-state index contributed by atoms with van der Waals surface area (Å²) in [7, 11) is 1.94. The van der Waals surface area contributed by atoms with Crippen molar-refractivity contribution in [1.82, 2.24) is 4.57 Å². The highest BCUT2D eigenvalue weighted by atomic mass is 79.9. The van der Waals surface area contributed by atoms with Crippen LogP contribution in [0.2, 0.25) is 0 Å². The summed E-state index contributed by atoms with van der Waals surface area (Å²) in [6.45, 7) is 2.14. The second-order valence-electron chi connectivity index (χ2n) is 5.02. The smallest absolute Gasteiger partial charge is 0.279 e. The molecule has 3 nitrogen and oxygen atoms in total. The predicted octanol–water partition coefficient (Wildman–Crippen LogP) is 4.31.